The first kappa shape index (κ1) is 20.7. The minimum atomic E-state index is -1.71. The molecule has 8 nitrogen and oxygen atoms in total. The van der Waals surface area contributed by atoms with Crippen molar-refractivity contribution in [1.29, 1.82) is 0 Å². The van der Waals surface area contributed by atoms with E-state index < -0.39 is 16.9 Å². The van der Waals surface area contributed by atoms with Crippen molar-refractivity contribution in [3.05, 3.63) is 79.6 Å². The van der Waals surface area contributed by atoms with Gasteiger partial charge < -0.3 is 9.32 Å². The standard InChI is InChI=1S/C25H20N4O4S/c1-5-28-17-9-7-6-8-16(17)25(23(28)32)19-20(30)15-10-12(2)13(3)11-18(15)33-21(19)22(31)29(25)24-27-26-14(4)34-24/h6-11H,5H2,1-4H3. The molecule has 2 aromatic heterocycles. The number of para-hydroxylation sites is 1. The van der Waals surface area contributed by atoms with Gasteiger partial charge in [0.15, 0.2) is 11.0 Å². The Hall–Kier alpha value is -3.85. The van der Waals surface area contributed by atoms with Crippen LogP contribution in [0.4, 0.5) is 10.8 Å². The fraction of sp³-hybridized carbons (Fsp3) is 0.240. The molecule has 2 aromatic carbocycles. The first-order chi connectivity index (χ1) is 16.3. The van der Waals surface area contributed by atoms with Crippen LogP contribution in [0, 0.1) is 20.8 Å². The molecule has 0 fully saturated rings. The number of rotatable bonds is 2. The van der Waals surface area contributed by atoms with Gasteiger partial charge in [-0.25, -0.2) is 0 Å². The molecule has 4 heterocycles. The van der Waals surface area contributed by atoms with Crippen molar-refractivity contribution in [2.75, 3.05) is 16.3 Å². The lowest BCUT2D eigenvalue weighted by Crippen LogP contribution is -2.53. The van der Waals surface area contributed by atoms with Gasteiger partial charge in [0.05, 0.1) is 16.6 Å². The molecule has 0 saturated heterocycles. The molecule has 9 heteroatoms. The van der Waals surface area contributed by atoms with E-state index in [0.29, 0.717) is 33.8 Å². The van der Waals surface area contributed by atoms with Crippen LogP contribution in [0.1, 0.15) is 44.7 Å². The van der Waals surface area contributed by atoms with Gasteiger partial charge in [-0.3, -0.25) is 19.3 Å². The second-order valence-corrected chi connectivity index (χ2v) is 9.75. The highest BCUT2D eigenvalue weighted by Crippen LogP contribution is 2.54. The van der Waals surface area contributed by atoms with Gasteiger partial charge in [0.2, 0.25) is 10.9 Å². The average Bonchev–Trinajstić information content (AvgIpc) is 3.42. The topological polar surface area (TPSA) is 96.6 Å². The molecule has 6 rings (SSSR count). The molecule has 34 heavy (non-hydrogen) atoms. The third-order valence-electron chi connectivity index (χ3n) is 6.76. The van der Waals surface area contributed by atoms with Gasteiger partial charge in [-0.15, -0.1) is 10.2 Å². The molecule has 1 spiro atoms. The van der Waals surface area contributed by atoms with Crippen LogP contribution in [0.2, 0.25) is 0 Å². The maximum Gasteiger partial charge on any atom is 0.297 e. The van der Waals surface area contributed by atoms with E-state index in [1.165, 1.54) is 16.2 Å². The monoisotopic (exact) mass is 472 g/mol. The van der Waals surface area contributed by atoms with Gasteiger partial charge in [0.25, 0.3) is 11.8 Å². The van der Waals surface area contributed by atoms with Gasteiger partial charge in [-0.1, -0.05) is 29.5 Å². The number of fused-ring (bicyclic) bond motifs is 5. The summed E-state index contributed by atoms with van der Waals surface area (Å²) in [6.45, 7) is 7.83. The molecule has 2 aliphatic heterocycles. The van der Waals surface area contributed by atoms with E-state index in [1.807, 2.05) is 32.9 Å². The number of carbonyl (C=O) groups is 2. The summed E-state index contributed by atoms with van der Waals surface area (Å²) in [5.41, 5.74) is 1.32. The third kappa shape index (κ3) is 2.34. The van der Waals surface area contributed by atoms with Crippen molar-refractivity contribution in [3.63, 3.8) is 0 Å². The second-order valence-electron chi connectivity index (χ2n) is 8.59. The van der Waals surface area contributed by atoms with Gasteiger partial charge in [0.1, 0.15) is 10.6 Å². The first-order valence-corrected chi connectivity index (χ1v) is 11.8. The Bertz CT molecular complexity index is 1620. The molecule has 0 N–H and O–H groups in total. The number of carbonyl (C=O) groups excluding carboxylic acids is 2. The highest BCUT2D eigenvalue weighted by Gasteiger charge is 2.66. The molecule has 0 bridgehead atoms. The summed E-state index contributed by atoms with van der Waals surface area (Å²) < 4.78 is 6.11. The maximum absolute atomic E-state index is 14.2. The van der Waals surface area contributed by atoms with Crippen molar-refractivity contribution < 1.29 is 14.0 Å². The van der Waals surface area contributed by atoms with E-state index in [4.69, 9.17) is 4.42 Å². The van der Waals surface area contributed by atoms with Crippen LogP contribution < -0.4 is 15.2 Å². The van der Waals surface area contributed by atoms with E-state index >= 15 is 0 Å². The quantitative estimate of drug-likeness (QED) is 0.440. The SMILES string of the molecule is CCN1C(=O)C2(c3ccccc31)c1c(oc3cc(C)c(C)cc3c1=O)C(=O)N2c1nnc(C)s1. The number of amides is 2. The number of hydrogen-bond acceptors (Lipinski definition) is 7. The number of benzene rings is 2. The van der Waals surface area contributed by atoms with Crippen LogP contribution in [0.5, 0.6) is 0 Å². The summed E-state index contributed by atoms with van der Waals surface area (Å²) in [6, 6.07) is 10.8. The van der Waals surface area contributed by atoms with Crippen LogP contribution in [0.25, 0.3) is 11.0 Å². The molecule has 0 aliphatic carbocycles. The van der Waals surface area contributed by atoms with Gasteiger partial charge in [-0.2, -0.15) is 0 Å². The number of likely N-dealkylation sites (N-methyl/N-ethyl adjacent to an activating group) is 1. The zero-order valence-electron chi connectivity index (χ0n) is 19.0. The van der Waals surface area contributed by atoms with E-state index in [9.17, 15) is 14.4 Å². The van der Waals surface area contributed by atoms with Crippen molar-refractivity contribution >= 4 is 44.9 Å². The Kier molecular flexibility index (Phi) is 4.17. The van der Waals surface area contributed by atoms with Crippen molar-refractivity contribution in [3.8, 4) is 0 Å². The summed E-state index contributed by atoms with van der Waals surface area (Å²) in [5, 5.41) is 9.48. The molecule has 1 atom stereocenters. The Balaban J connectivity index is 1.80. The largest absolute Gasteiger partial charge is 0.450 e. The molecule has 0 radical (unpaired) electrons. The third-order valence-corrected chi connectivity index (χ3v) is 7.59. The zero-order chi connectivity index (χ0) is 23.9. The number of hydrogen-bond donors (Lipinski definition) is 0. The Morgan fingerprint density at radius 2 is 1.76 bits per heavy atom. The highest BCUT2D eigenvalue weighted by molar-refractivity contribution is 7.15. The minimum absolute atomic E-state index is 0.0366. The van der Waals surface area contributed by atoms with E-state index in [2.05, 4.69) is 10.2 Å². The summed E-state index contributed by atoms with van der Waals surface area (Å²) in [5.74, 6) is -1.09. The number of anilines is 2. The molecular formula is C25H20N4O4S. The lowest BCUT2D eigenvalue weighted by Gasteiger charge is -2.31. The predicted octanol–water partition coefficient (Wildman–Crippen LogP) is 3.84. The van der Waals surface area contributed by atoms with Gasteiger partial charge >= 0.3 is 0 Å². The van der Waals surface area contributed by atoms with Crippen molar-refractivity contribution in [2.45, 2.75) is 33.2 Å². The molecule has 2 aliphatic rings. The molecule has 0 saturated carbocycles. The average molecular weight is 473 g/mol. The van der Waals surface area contributed by atoms with Crippen LogP contribution in [-0.2, 0) is 10.3 Å². The first-order valence-electron chi connectivity index (χ1n) is 10.9. The van der Waals surface area contributed by atoms with Crippen molar-refractivity contribution in [1.82, 2.24) is 10.2 Å². The summed E-state index contributed by atoms with van der Waals surface area (Å²) >= 11 is 1.19. The zero-order valence-corrected chi connectivity index (χ0v) is 19.8. The van der Waals surface area contributed by atoms with E-state index in [-0.39, 0.29) is 22.4 Å². The van der Waals surface area contributed by atoms with E-state index in [0.717, 1.165) is 11.1 Å². The number of aryl methyl sites for hydroxylation is 3. The van der Waals surface area contributed by atoms with Crippen LogP contribution >= 0.6 is 11.3 Å². The van der Waals surface area contributed by atoms with Gasteiger partial charge in [0, 0.05) is 12.1 Å². The normalized spacial score (nSPS) is 18.9. The second kappa shape index (κ2) is 6.83. The summed E-state index contributed by atoms with van der Waals surface area (Å²) in [7, 11) is 0. The van der Waals surface area contributed by atoms with Crippen molar-refractivity contribution in [2.24, 2.45) is 0 Å². The van der Waals surface area contributed by atoms with Crippen LogP contribution in [-0.4, -0.2) is 28.6 Å². The fourth-order valence-electron chi connectivity index (χ4n) is 5.11. The summed E-state index contributed by atoms with van der Waals surface area (Å²) in [4.78, 5) is 45.1. The Labute approximate surface area is 198 Å². The van der Waals surface area contributed by atoms with Gasteiger partial charge in [-0.05, 0) is 57.0 Å². The number of aromatic nitrogens is 2. The molecule has 2 amide bonds. The molecular weight excluding hydrogens is 452 g/mol. The fourth-order valence-corrected chi connectivity index (χ4v) is 5.85. The minimum Gasteiger partial charge on any atom is -0.450 e. The number of nitrogens with zero attached hydrogens (tertiary/aromatic N) is 4. The smallest absolute Gasteiger partial charge is 0.297 e. The summed E-state index contributed by atoms with van der Waals surface area (Å²) in [6.07, 6.45) is 0. The van der Waals surface area contributed by atoms with E-state index in [1.54, 1.807) is 36.1 Å². The maximum atomic E-state index is 14.2. The Morgan fingerprint density at radius 1 is 1.03 bits per heavy atom. The lowest BCUT2D eigenvalue weighted by atomic mass is 9.84. The molecule has 1 unspecified atom stereocenters. The predicted molar refractivity (Wildman–Crippen MR) is 129 cm³/mol. The molecule has 170 valence electrons. The molecule has 4 aromatic rings. The highest BCUT2D eigenvalue weighted by atomic mass is 32.1. The van der Waals surface area contributed by atoms with Crippen LogP contribution in [0.3, 0.4) is 0 Å². The van der Waals surface area contributed by atoms with Crippen LogP contribution in [0.15, 0.2) is 45.6 Å². The lowest BCUT2D eigenvalue weighted by molar-refractivity contribution is -0.121. The Morgan fingerprint density at radius 3 is 2.47 bits per heavy atom.